The first-order valence-corrected chi connectivity index (χ1v) is 7.85. The van der Waals surface area contributed by atoms with E-state index in [-0.39, 0.29) is 30.1 Å². The molecule has 2 atom stereocenters. The highest BCUT2D eigenvalue weighted by atomic mass is 19.1. The van der Waals surface area contributed by atoms with Crippen molar-refractivity contribution in [3.05, 3.63) is 35.6 Å². The van der Waals surface area contributed by atoms with E-state index in [0.29, 0.717) is 18.0 Å². The lowest BCUT2D eigenvalue weighted by Crippen LogP contribution is -2.38. The van der Waals surface area contributed by atoms with Crippen molar-refractivity contribution < 1.29 is 14.0 Å². The maximum absolute atomic E-state index is 13.5. The van der Waals surface area contributed by atoms with Gasteiger partial charge in [0, 0.05) is 20.0 Å². The van der Waals surface area contributed by atoms with Crippen LogP contribution >= 0.6 is 0 Å². The van der Waals surface area contributed by atoms with Crippen molar-refractivity contribution in [2.75, 3.05) is 13.6 Å². The topological polar surface area (TPSA) is 49.4 Å². The summed E-state index contributed by atoms with van der Waals surface area (Å²) in [4.78, 5) is 26.0. The average Bonchev–Trinajstić information content (AvgIpc) is 2.73. The molecule has 2 amide bonds. The van der Waals surface area contributed by atoms with E-state index in [9.17, 15) is 14.0 Å². The van der Waals surface area contributed by atoms with E-state index in [1.165, 1.54) is 18.6 Å². The number of carbonyl (C=O) groups is 2. The van der Waals surface area contributed by atoms with E-state index in [1.807, 2.05) is 0 Å². The number of hydrogen-bond donors (Lipinski definition) is 1. The zero-order valence-electron chi connectivity index (χ0n) is 12.7. The molecule has 2 aliphatic rings. The van der Waals surface area contributed by atoms with Crippen LogP contribution in [-0.4, -0.2) is 30.3 Å². The fraction of sp³-hybridized carbons (Fsp3) is 0.529. The summed E-state index contributed by atoms with van der Waals surface area (Å²) >= 11 is 0. The predicted octanol–water partition coefficient (Wildman–Crippen LogP) is 2.26. The highest BCUT2D eigenvalue weighted by molar-refractivity contribution is 5.90. The molecular formula is C17H21FN2O2. The summed E-state index contributed by atoms with van der Waals surface area (Å²) < 4.78 is 13.5. The Balaban J connectivity index is 1.75. The van der Waals surface area contributed by atoms with Gasteiger partial charge in [0.25, 0.3) is 0 Å². The molecule has 0 spiro atoms. The van der Waals surface area contributed by atoms with Crippen LogP contribution in [0, 0.1) is 17.7 Å². The maximum Gasteiger partial charge on any atom is 0.226 e. The molecule has 118 valence electrons. The Hall–Kier alpha value is -1.91. The molecule has 1 aliphatic heterocycles. The molecule has 1 aliphatic carbocycles. The maximum atomic E-state index is 13.5. The Morgan fingerprint density at radius 2 is 2.18 bits per heavy atom. The van der Waals surface area contributed by atoms with Crippen LogP contribution in [0.25, 0.3) is 0 Å². The smallest absolute Gasteiger partial charge is 0.226 e. The highest BCUT2D eigenvalue weighted by Crippen LogP contribution is 2.37. The molecule has 0 radical (unpaired) electrons. The highest BCUT2D eigenvalue weighted by Gasteiger charge is 2.42. The third-order valence-corrected chi connectivity index (χ3v) is 4.90. The molecule has 2 fully saturated rings. The Morgan fingerprint density at radius 1 is 1.41 bits per heavy atom. The third kappa shape index (κ3) is 2.85. The van der Waals surface area contributed by atoms with Crippen LogP contribution in [0.15, 0.2) is 24.3 Å². The van der Waals surface area contributed by atoms with Crippen molar-refractivity contribution in [3.8, 4) is 0 Å². The van der Waals surface area contributed by atoms with Crippen molar-refractivity contribution in [2.45, 2.75) is 31.7 Å². The first-order valence-electron chi connectivity index (χ1n) is 7.85. The van der Waals surface area contributed by atoms with E-state index < -0.39 is 5.92 Å². The van der Waals surface area contributed by atoms with Crippen molar-refractivity contribution in [1.82, 2.24) is 10.2 Å². The number of likely N-dealkylation sites (tertiary alicyclic amines) is 1. The number of hydrogen-bond acceptors (Lipinski definition) is 2. The molecule has 1 saturated carbocycles. The lowest BCUT2D eigenvalue weighted by atomic mass is 9.85. The van der Waals surface area contributed by atoms with Gasteiger partial charge in [0.1, 0.15) is 5.82 Å². The van der Waals surface area contributed by atoms with Gasteiger partial charge in [-0.3, -0.25) is 9.59 Å². The summed E-state index contributed by atoms with van der Waals surface area (Å²) in [5.74, 6) is -0.387. The van der Waals surface area contributed by atoms with Crippen molar-refractivity contribution in [1.29, 1.82) is 0 Å². The van der Waals surface area contributed by atoms with Gasteiger partial charge in [-0.15, -0.1) is 0 Å². The van der Waals surface area contributed by atoms with E-state index in [4.69, 9.17) is 0 Å². The van der Waals surface area contributed by atoms with Crippen molar-refractivity contribution in [2.24, 2.45) is 11.8 Å². The largest absolute Gasteiger partial charge is 0.355 e. The van der Waals surface area contributed by atoms with Crippen LogP contribution in [0.4, 0.5) is 4.39 Å². The standard InChI is InChI=1S/C17H21FN2O2/c1-20-15(21)9-14(17(22)19-10-11-4-2-5-11)16(20)12-6-3-7-13(18)8-12/h3,6-8,11,14,16H,2,4-5,9-10H2,1H3,(H,19,22)/t14-,16-/m0/s1. The number of nitrogens with zero attached hydrogens (tertiary/aromatic N) is 1. The number of benzene rings is 1. The first-order chi connectivity index (χ1) is 10.6. The van der Waals surface area contributed by atoms with Crippen LogP contribution in [0.1, 0.15) is 37.3 Å². The Labute approximate surface area is 129 Å². The van der Waals surface area contributed by atoms with Crippen LogP contribution in [-0.2, 0) is 9.59 Å². The SMILES string of the molecule is CN1C(=O)C[C@H](C(=O)NCC2CCC2)[C@@H]1c1cccc(F)c1. The Kier molecular flexibility index (Phi) is 4.14. The van der Waals surface area contributed by atoms with Crippen LogP contribution in [0.2, 0.25) is 0 Å². The van der Waals surface area contributed by atoms with Gasteiger partial charge < -0.3 is 10.2 Å². The average molecular weight is 304 g/mol. The fourth-order valence-electron chi connectivity index (χ4n) is 3.32. The summed E-state index contributed by atoms with van der Waals surface area (Å²) in [5, 5.41) is 2.97. The minimum absolute atomic E-state index is 0.0712. The molecule has 1 saturated heterocycles. The fourth-order valence-corrected chi connectivity index (χ4v) is 3.32. The van der Waals surface area contributed by atoms with E-state index in [2.05, 4.69) is 5.32 Å². The molecule has 0 aromatic heterocycles. The molecule has 5 heteroatoms. The molecular weight excluding hydrogens is 283 g/mol. The molecule has 22 heavy (non-hydrogen) atoms. The molecule has 4 nitrogen and oxygen atoms in total. The van der Waals surface area contributed by atoms with Gasteiger partial charge >= 0.3 is 0 Å². The molecule has 0 bridgehead atoms. The summed E-state index contributed by atoms with van der Waals surface area (Å²) in [6, 6.07) is 5.78. The summed E-state index contributed by atoms with van der Waals surface area (Å²) in [7, 11) is 1.68. The van der Waals surface area contributed by atoms with Gasteiger partial charge in [0.15, 0.2) is 0 Å². The monoisotopic (exact) mass is 304 g/mol. The summed E-state index contributed by atoms with van der Waals surface area (Å²) in [5.41, 5.74) is 0.678. The molecule has 3 rings (SSSR count). The van der Waals surface area contributed by atoms with Gasteiger partial charge in [0.2, 0.25) is 11.8 Å². The second-order valence-electron chi connectivity index (χ2n) is 6.36. The van der Waals surface area contributed by atoms with Crippen LogP contribution in [0.5, 0.6) is 0 Å². The number of halogens is 1. The van der Waals surface area contributed by atoms with Gasteiger partial charge in [-0.1, -0.05) is 18.6 Å². The van der Waals surface area contributed by atoms with E-state index >= 15 is 0 Å². The van der Waals surface area contributed by atoms with Crippen molar-refractivity contribution >= 4 is 11.8 Å². The second kappa shape index (κ2) is 6.07. The summed E-state index contributed by atoms with van der Waals surface area (Å²) in [6.07, 6.45) is 3.75. The number of carbonyl (C=O) groups excluding carboxylic acids is 2. The quantitative estimate of drug-likeness (QED) is 0.927. The first kappa shape index (κ1) is 15.0. The zero-order valence-corrected chi connectivity index (χ0v) is 12.7. The van der Waals surface area contributed by atoms with Gasteiger partial charge in [-0.05, 0) is 36.5 Å². The minimum Gasteiger partial charge on any atom is -0.355 e. The molecule has 1 heterocycles. The molecule has 1 N–H and O–H groups in total. The van der Waals surface area contributed by atoms with E-state index in [0.717, 1.165) is 12.8 Å². The second-order valence-corrected chi connectivity index (χ2v) is 6.36. The normalized spacial score (nSPS) is 25.2. The Bertz CT molecular complexity index is 586. The summed E-state index contributed by atoms with van der Waals surface area (Å²) in [6.45, 7) is 0.684. The lowest BCUT2D eigenvalue weighted by molar-refractivity contribution is -0.128. The number of amides is 2. The van der Waals surface area contributed by atoms with Gasteiger partial charge in [-0.2, -0.15) is 0 Å². The Morgan fingerprint density at radius 3 is 2.82 bits per heavy atom. The number of nitrogens with one attached hydrogen (secondary N) is 1. The van der Waals surface area contributed by atoms with Crippen LogP contribution in [0.3, 0.4) is 0 Å². The minimum atomic E-state index is -0.445. The van der Waals surface area contributed by atoms with Crippen molar-refractivity contribution in [3.63, 3.8) is 0 Å². The number of rotatable bonds is 4. The van der Waals surface area contributed by atoms with E-state index in [1.54, 1.807) is 24.1 Å². The zero-order chi connectivity index (χ0) is 15.7. The molecule has 1 aromatic rings. The molecule has 0 unspecified atom stereocenters. The van der Waals surface area contributed by atoms with Crippen LogP contribution < -0.4 is 5.32 Å². The molecule has 1 aromatic carbocycles. The third-order valence-electron chi connectivity index (χ3n) is 4.90. The lowest BCUT2D eigenvalue weighted by Gasteiger charge is -2.28. The van der Waals surface area contributed by atoms with Gasteiger partial charge in [-0.25, -0.2) is 4.39 Å². The predicted molar refractivity (Wildman–Crippen MR) is 80.4 cm³/mol. The van der Waals surface area contributed by atoms with Gasteiger partial charge in [0.05, 0.1) is 12.0 Å².